The topological polar surface area (TPSA) is 39.1 Å². The van der Waals surface area contributed by atoms with E-state index in [2.05, 4.69) is 23.2 Å². The summed E-state index contributed by atoms with van der Waals surface area (Å²) >= 11 is 0. The Hall–Kier alpha value is -1.53. The third kappa shape index (κ3) is 3.75. The lowest BCUT2D eigenvalue weighted by atomic mass is 10.1. The molecule has 2 rings (SSSR count). The summed E-state index contributed by atoms with van der Waals surface area (Å²) in [5.74, 6) is 0. The van der Waals surface area contributed by atoms with Gasteiger partial charge >= 0.3 is 0 Å². The van der Waals surface area contributed by atoms with Crippen LogP contribution in [-0.2, 0) is 0 Å². The van der Waals surface area contributed by atoms with Crippen LogP contribution in [-0.4, -0.2) is 30.6 Å². The highest BCUT2D eigenvalue weighted by Crippen LogP contribution is 2.13. The van der Waals surface area contributed by atoms with Crippen molar-refractivity contribution in [1.29, 1.82) is 5.26 Å². The molecule has 0 bridgehead atoms. The number of hydrogen-bond donors (Lipinski definition) is 1. The van der Waals surface area contributed by atoms with Crippen molar-refractivity contribution in [3.05, 3.63) is 29.8 Å². The van der Waals surface area contributed by atoms with Crippen LogP contribution >= 0.6 is 0 Å². The second kappa shape index (κ2) is 6.42. The summed E-state index contributed by atoms with van der Waals surface area (Å²) in [6.07, 6.45) is 4.06. The van der Waals surface area contributed by atoms with E-state index in [-0.39, 0.29) is 0 Å². The average Bonchev–Trinajstić information content (AvgIpc) is 2.40. The number of nitrogens with one attached hydrogen (secondary N) is 1. The van der Waals surface area contributed by atoms with E-state index in [0.717, 1.165) is 12.2 Å². The van der Waals surface area contributed by atoms with Crippen LogP contribution in [0, 0.1) is 11.3 Å². The molecule has 1 aliphatic heterocycles. The number of nitrogens with zero attached hydrogens (tertiary/aromatic N) is 2. The highest BCUT2D eigenvalue weighted by atomic mass is 15.1. The molecule has 96 valence electrons. The van der Waals surface area contributed by atoms with Gasteiger partial charge in [0.1, 0.15) is 0 Å². The molecule has 1 aromatic carbocycles. The van der Waals surface area contributed by atoms with Crippen LogP contribution < -0.4 is 5.32 Å². The zero-order chi connectivity index (χ0) is 12.8. The van der Waals surface area contributed by atoms with Crippen molar-refractivity contribution in [2.75, 3.05) is 25.0 Å². The van der Waals surface area contributed by atoms with Crippen LogP contribution in [0.15, 0.2) is 24.3 Å². The largest absolute Gasteiger partial charge is 0.381 e. The quantitative estimate of drug-likeness (QED) is 0.883. The molecule has 3 heteroatoms. The van der Waals surface area contributed by atoms with Crippen molar-refractivity contribution >= 4 is 5.69 Å². The molecule has 0 amide bonds. The molecule has 3 nitrogen and oxygen atoms in total. The average molecular weight is 243 g/mol. The first-order valence-electron chi connectivity index (χ1n) is 6.77. The fourth-order valence-corrected chi connectivity index (χ4v) is 2.50. The highest BCUT2D eigenvalue weighted by molar-refractivity contribution is 5.47. The highest BCUT2D eigenvalue weighted by Gasteiger charge is 2.13. The van der Waals surface area contributed by atoms with Gasteiger partial charge in [-0.1, -0.05) is 6.42 Å². The molecule has 1 atom stereocenters. The lowest BCUT2D eigenvalue weighted by Gasteiger charge is -2.29. The number of rotatable bonds is 4. The van der Waals surface area contributed by atoms with Gasteiger partial charge in [0.05, 0.1) is 11.6 Å². The van der Waals surface area contributed by atoms with E-state index in [9.17, 15) is 0 Å². The fraction of sp³-hybridized carbons (Fsp3) is 0.533. The van der Waals surface area contributed by atoms with Gasteiger partial charge in [0.15, 0.2) is 0 Å². The van der Waals surface area contributed by atoms with E-state index < -0.39 is 0 Å². The van der Waals surface area contributed by atoms with E-state index in [1.165, 1.54) is 32.4 Å². The summed E-state index contributed by atoms with van der Waals surface area (Å²) in [5.41, 5.74) is 1.81. The SMILES string of the molecule is CC(CN1CCCCC1)Nc1ccc(C#N)cc1. The number of nitriles is 1. The van der Waals surface area contributed by atoms with Crippen LogP contribution in [0.5, 0.6) is 0 Å². The minimum absolute atomic E-state index is 0.441. The van der Waals surface area contributed by atoms with Crippen molar-refractivity contribution in [2.24, 2.45) is 0 Å². The fourth-order valence-electron chi connectivity index (χ4n) is 2.50. The molecule has 1 unspecified atom stereocenters. The molecule has 0 spiro atoms. The Morgan fingerprint density at radius 2 is 1.89 bits per heavy atom. The maximum atomic E-state index is 8.75. The van der Waals surface area contributed by atoms with Gasteiger partial charge in [-0.05, 0) is 57.1 Å². The van der Waals surface area contributed by atoms with E-state index in [1.807, 2.05) is 24.3 Å². The van der Waals surface area contributed by atoms with Crippen molar-refractivity contribution in [3.8, 4) is 6.07 Å². The zero-order valence-corrected chi connectivity index (χ0v) is 11.0. The van der Waals surface area contributed by atoms with E-state index in [0.29, 0.717) is 11.6 Å². The third-order valence-corrected chi connectivity index (χ3v) is 3.41. The molecule has 0 saturated carbocycles. The Morgan fingerprint density at radius 3 is 2.50 bits per heavy atom. The van der Waals surface area contributed by atoms with Crippen LogP contribution in [0.3, 0.4) is 0 Å². The summed E-state index contributed by atoms with van der Waals surface area (Å²) in [4.78, 5) is 2.53. The van der Waals surface area contributed by atoms with Gasteiger partial charge in [-0.15, -0.1) is 0 Å². The molecule has 1 N–H and O–H groups in total. The smallest absolute Gasteiger partial charge is 0.0991 e. The maximum absolute atomic E-state index is 8.75. The van der Waals surface area contributed by atoms with Gasteiger partial charge in [0.25, 0.3) is 0 Å². The monoisotopic (exact) mass is 243 g/mol. The molecule has 1 aliphatic rings. The molecule has 1 fully saturated rings. The van der Waals surface area contributed by atoms with Crippen LogP contribution in [0.4, 0.5) is 5.69 Å². The number of benzene rings is 1. The van der Waals surface area contributed by atoms with E-state index in [1.54, 1.807) is 0 Å². The first kappa shape index (κ1) is 12.9. The van der Waals surface area contributed by atoms with Crippen molar-refractivity contribution in [1.82, 2.24) is 4.90 Å². The third-order valence-electron chi connectivity index (χ3n) is 3.41. The minimum Gasteiger partial charge on any atom is -0.381 e. The van der Waals surface area contributed by atoms with E-state index in [4.69, 9.17) is 5.26 Å². The molecule has 0 aliphatic carbocycles. The summed E-state index contributed by atoms with van der Waals surface area (Å²) in [7, 11) is 0. The Balaban J connectivity index is 1.82. The van der Waals surface area contributed by atoms with Crippen molar-refractivity contribution in [3.63, 3.8) is 0 Å². The van der Waals surface area contributed by atoms with Gasteiger partial charge in [-0.2, -0.15) is 5.26 Å². The van der Waals surface area contributed by atoms with Crippen LogP contribution in [0.2, 0.25) is 0 Å². The predicted molar refractivity (Wildman–Crippen MR) is 74.5 cm³/mol. The molecular weight excluding hydrogens is 222 g/mol. The Bertz CT molecular complexity index is 399. The lowest BCUT2D eigenvalue weighted by molar-refractivity contribution is 0.223. The maximum Gasteiger partial charge on any atom is 0.0991 e. The van der Waals surface area contributed by atoms with Gasteiger partial charge in [0, 0.05) is 18.3 Å². The summed E-state index contributed by atoms with van der Waals surface area (Å²) < 4.78 is 0. The second-order valence-electron chi connectivity index (χ2n) is 5.10. The Labute approximate surface area is 109 Å². The van der Waals surface area contributed by atoms with Gasteiger partial charge in [-0.25, -0.2) is 0 Å². The first-order chi connectivity index (χ1) is 8.78. The number of piperidine rings is 1. The normalized spacial score (nSPS) is 18.0. The molecule has 1 saturated heterocycles. The summed E-state index contributed by atoms with van der Waals surface area (Å²) in [5, 5.41) is 12.2. The standard InChI is InChI=1S/C15H21N3/c1-13(12-18-9-3-2-4-10-18)17-15-7-5-14(11-16)6-8-15/h5-8,13,17H,2-4,9-10,12H2,1H3. The lowest BCUT2D eigenvalue weighted by Crippen LogP contribution is -2.38. The van der Waals surface area contributed by atoms with Gasteiger partial charge in [-0.3, -0.25) is 0 Å². The van der Waals surface area contributed by atoms with Crippen molar-refractivity contribution in [2.45, 2.75) is 32.2 Å². The molecule has 0 aromatic heterocycles. The summed E-state index contributed by atoms with van der Waals surface area (Å²) in [6.45, 7) is 5.78. The molecule has 0 radical (unpaired) electrons. The molecule has 1 heterocycles. The zero-order valence-electron chi connectivity index (χ0n) is 11.0. The number of likely N-dealkylation sites (tertiary alicyclic amines) is 1. The second-order valence-corrected chi connectivity index (χ2v) is 5.10. The minimum atomic E-state index is 0.441. The van der Waals surface area contributed by atoms with Crippen LogP contribution in [0.1, 0.15) is 31.7 Å². The van der Waals surface area contributed by atoms with Crippen LogP contribution in [0.25, 0.3) is 0 Å². The number of hydrogen-bond acceptors (Lipinski definition) is 3. The number of anilines is 1. The molecule has 18 heavy (non-hydrogen) atoms. The van der Waals surface area contributed by atoms with Gasteiger partial charge in [0.2, 0.25) is 0 Å². The molecular formula is C15H21N3. The molecule has 1 aromatic rings. The predicted octanol–water partition coefficient (Wildman–Crippen LogP) is 2.84. The Kier molecular flexibility index (Phi) is 4.60. The van der Waals surface area contributed by atoms with Crippen molar-refractivity contribution < 1.29 is 0 Å². The first-order valence-corrected chi connectivity index (χ1v) is 6.77. The van der Waals surface area contributed by atoms with E-state index >= 15 is 0 Å². The summed E-state index contributed by atoms with van der Waals surface area (Å²) in [6, 6.07) is 10.2. The Morgan fingerprint density at radius 1 is 1.22 bits per heavy atom. The van der Waals surface area contributed by atoms with Gasteiger partial charge < -0.3 is 10.2 Å².